The Bertz CT molecular complexity index is 788. The van der Waals surface area contributed by atoms with Gasteiger partial charge in [0, 0.05) is 5.70 Å². The molecule has 0 saturated heterocycles. The van der Waals surface area contributed by atoms with Gasteiger partial charge in [0.1, 0.15) is 6.10 Å². The number of esters is 1. The molecule has 2 rings (SSSR count). The van der Waals surface area contributed by atoms with Crippen LogP contribution in [0.2, 0.25) is 0 Å². The lowest BCUT2D eigenvalue weighted by atomic mass is 9.95. The number of hydrogen-bond acceptors (Lipinski definition) is 7. The topological polar surface area (TPSA) is 126 Å². The van der Waals surface area contributed by atoms with Gasteiger partial charge in [0.15, 0.2) is 11.5 Å². The van der Waals surface area contributed by atoms with Crippen molar-refractivity contribution >= 4 is 18.0 Å². The molecule has 0 saturated carbocycles. The number of allylic oxidation sites excluding steroid dienone is 1. The van der Waals surface area contributed by atoms with Gasteiger partial charge in [-0.3, -0.25) is 0 Å². The number of benzene rings is 1. The van der Waals surface area contributed by atoms with Gasteiger partial charge < -0.3 is 34.7 Å². The molecule has 146 valence electrons. The fraction of sp³-hybridized carbons (Fsp3) is 0.389. The molecular formula is C18H21N2O7-. The monoisotopic (exact) mass is 377 g/mol. The van der Waals surface area contributed by atoms with Crippen LogP contribution >= 0.6 is 0 Å². The molecule has 2 amide bonds. The van der Waals surface area contributed by atoms with Crippen molar-refractivity contribution in [2.45, 2.75) is 32.9 Å². The average Bonchev–Trinajstić information content (AvgIpc) is 2.61. The van der Waals surface area contributed by atoms with E-state index in [2.05, 4.69) is 10.6 Å². The van der Waals surface area contributed by atoms with Crippen LogP contribution in [0.25, 0.3) is 0 Å². The summed E-state index contributed by atoms with van der Waals surface area (Å²) in [7, 11) is 1.39. The van der Waals surface area contributed by atoms with Crippen LogP contribution in [0.3, 0.4) is 0 Å². The Morgan fingerprint density at radius 3 is 2.59 bits per heavy atom. The van der Waals surface area contributed by atoms with E-state index in [1.807, 2.05) is 0 Å². The van der Waals surface area contributed by atoms with E-state index in [0.29, 0.717) is 11.3 Å². The molecule has 0 aromatic heterocycles. The van der Waals surface area contributed by atoms with Crippen molar-refractivity contribution in [2.75, 3.05) is 13.7 Å². The van der Waals surface area contributed by atoms with Gasteiger partial charge in [-0.2, -0.15) is 0 Å². The van der Waals surface area contributed by atoms with Crippen molar-refractivity contribution in [1.29, 1.82) is 0 Å². The van der Waals surface area contributed by atoms with Crippen molar-refractivity contribution in [2.24, 2.45) is 0 Å². The number of nitrogens with one attached hydrogen (secondary N) is 2. The van der Waals surface area contributed by atoms with E-state index >= 15 is 0 Å². The predicted octanol–water partition coefficient (Wildman–Crippen LogP) is 0.403. The van der Waals surface area contributed by atoms with Gasteiger partial charge in [-0.1, -0.05) is 6.07 Å². The summed E-state index contributed by atoms with van der Waals surface area (Å²) < 4.78 is 15.6. The Labute approximate surface area is 156 Å². The highest BCUT2D eigenvalue weighted by molar-refractivity contribution is 5.95. The van der Waals surface area contributed by atoms with Gasteiger partial charge in [-0.15, -0.1) is 0 Å². The smallest absolute Gasteiger partial charge is 0.338 e. The van der Waals surface area contributed by atoms with E-state index in [9.17, 15) is 19.5 Å². The van der Waals surface area contributed by atoms with E-state index < -0.39 is 30.1 Å². The number of rotatable bonds is 7. The summed E-state index contributed by atoms with van der Waals surface area (Å²) in [5, 5.41) is 16.1. The van der Waals surface area contributed by atoms with Crippen LogP contribution in [0.15, 0.2) is 29.5 Å². The second kappa shape index (κ2) is 8.43. The van der Waals surface area contributed by atoms with Crippen LogP contribution in [0, 0.1) is 0 Å². The molecule has 1 aromatic carbocycles. The molecule has 9 heteroatoms. The number of ether oxygens (including phenoxy) is 3. The summed E-state index contributed by atoms with van der Waals surface area (Å²) in [4.78, 5) is 35.1. The number of amides is 2. The number of carboxylic acids is 1. The zero-order valence-corrected chi connectivity index (χ0v) is 15.5. The van der Waals surface area contributed by atoms with Crippen LogP contribution in [0.4, 0.5) is 4.79 Å². The third kappa shape index (κ3) is 4.49. The predicted molar refractivity (Wildman–Crippen MR) is 91.8 cm³/mol. The molecule has 0 aliphatic carbocycles. The zero-order valence-electron chi connectivity index (χ0n) is 15.5. The van der Waals surface area contributed by atoms with Crippen molar-refractivity contribution in [1.82, 2.24) is 10.6 Å². The number of carbonyl (C=O) groups excluding carboxylic acids is 3. The number of carboxylic acid groups (broad SMARTS) is 1. The molecule has 0 fully saturated rings. The van der Waals surface area contributed by atoms with Crippen molar-refractivity contribution < 1.29 is 33.7 Å². The van der Waals surface area contributed by atoms with Gasteiger partial charge in [-0.05, 0) is 38.5 Å². The maximum absolute atomic E-state index is 12.3. The highest BCUT2D eigenvalue weighted by Gasteiger charge is 2.32. The lowest BCUT2D eigenvalue weighted by molar-refractivity contribution is -0.312. The average molecular weight is 377 g/mol. The lowest BCUT2D eigenvalue weighted by Gasteiger charge is -2.28. The molecular weight excluding hydrogens is 356 g/mol. The first kappa shape index (κ1) is 20.1. The number of carbonyl (C=O) groups is 3. The van der Waals surface area contributed by atoms with E-state index in [0.717, 1.165) is 0 Å². The molecule has 1 aliphatic rings. The molecule has 2 atom stereocenters. The van der Waals surface area contributed by atoms with Crippen LogP contribution in [-0.2, 0) is 14.3 Å². The highest BCUT2D eigenvalue weighted by atomic mass is 16.5. The molecule has 27 heavy (non-hydrogen) atoms. The number of hydrogen-bond donors (Lipinski definition) is 2. The number of methoxy groups -OCH3 is 1. The minimum atomic E-state index is -1.37. The van der Waals surface area contributed by atoms with Crippen LogP contribution in [0.5, 0.6) is 11.5 Å². The summed E-state index contributed by atoms with van der Waals surface area (Å²) >= 11 is 0. The Balaban J connectivity index is 2.42. The van der Waals surface area contributed by atoms with Crippen molar-refractivity contribution in [3.05, 3.63) is 35.0 Å². The SMILES string of the molecule is CCOC(=O)C1=C(C)NC(=O)N[C@H]1c1ccc(O[C@@H](C)C(=O)[O-])c(OC)c1. The summed E-state index contributed by atoms with van der Waals surface area (Å²) in [6.45, 7) is 4.81. The lowest BCUT2D eigenvalue weighted by Crippen LogP contribution is -2.45. The van der Waals surface area contributed by atoms with Gasteiger partial charge >= 0.3 is 12.0 Å². The van der Waals surface area contributed by atoms with E-state index in [1.54, 1.807) is 26.0 Å². The molecule has 0 unspecified atom stereocenters. The van der Waals surface area contributed by atoms with Crippen molar-refractivity contribution in [3.8, 4) is 11.5 Å². The third-order valence-electron chi connectivity index (χ3n) is 3.92. The molecule has 0 radical (unpaired) electrons. The van der Waals surface area contributed by atoms with E-state index in [-0.39, 0.29) is 23.7 Å². The second-order valence-electron chi connectivity index (χ2n) is 5.78. The molecule has 1 heterocycles. The number of aliphatic carboxylic acids is 1. The first-order valence-electron chi connectivity index (χ1n) is 8.29. The van der Waals surface area contributed by atoms with Gasteiger partial charge in [-0.25, -0.2) is 9.59 Å². The Morgan fingerprint density at radius 1 is 1.30 bits per heavy atom. The minimum Gasteiger partial charge on any atom is -0.546 e. The van der Waals surface area contributed by atoms with Gasteiger partial charge in [0.2, 0.25) is 0 Å². The molecule has 0 bridgehead atoms. The standard InChI is InChI=1S/C18H22N2O7/c1-5-26-17(23)14-9(2)19-18(24)20-15(14)11-6-7-12(13(8-11)25-4)27-10(3)16(21)22/h6-8,10,15H,5H2,1-4H3,(H,21,22)(H2,19,20,24)/p-1/t10-,15-/m0/s1. The summed E-state index contributed by atoms with van der Waals surface area (Å²) in [6, 6.07) is 3.43. The zero-order chi connectivity index (χ0) is 20.1. The third-order valence-corrected chi connectivity index (χ3v) is 3.92. The van der Waals surface area contributed by atoms with E-state index in [1.165, 1.54) is 20.1 Å². The van der Waals surface area contributed by atoms with E-state index in [4.69, 9.17) is 14.2 Å². The van der Waals surface area contributed by atoms with Crippen molar-refractivity contribution in [3.63, 3.8) is 0 Å². The Morgan fingerprint density at radius 2 is 2.00 bits per heavy atom. The first-order valence-corrected chi connectivity index (χ1v) is 8.29. The summed E-state index contributed by atoms with van der Waals surface area (Å²) in [5.74, 6) is -1.49. The Hall–Kier alpha value is -3.23. The first-order chi connectivity index (χ1) is 12.8. The largest absolute Gasteiger partial charge is 0.546 e. The Kier molecular flexibility index (Phi) is 6.27. The second-order valence-corrected chi connectivity index (χ2v) is 5.78. The fourth-order valence-corrected chi connectivity index (χ4v) is 2.62. The minimum absolute atomic E-state index is 0.188. The quantitative estimate of drug-likeness (QED) is 0.659. The van der Waals surface area contributed by atoms with Crippen LogP contribution in [0.1, 0.15) is 32.4 Å². The molecule has 1 aliphatic heterocycles. The molecule has 1 aromatic rings. The van der Waals surface area contributed by atoms with Gasteiger partial charge in [0.05, 0.1) is 31.3 Å². The van der Waals surface area contributed by atoms with Crippen LogP contribution in [-0.4, -0.2) is 37.8 Å². The van der Waals surface area contributed by atoms with Crippen LogP contribution < -0.4 is 25.2 Å². The summed E-state index contributed by atoms with van der Waals surface area (Å²) in [5.41, 5.74) is 1.18. The summed E-state index contributed by atoms with van der Waals surface area (Å²) in [6.07, 6.45) is -1.18. The normalized spacial score (nSPS) is 17.5. The highest BCUT2D eigenvalue weighted by Crippen LogP contribution is 2.35. The maximum atomic E-state index is 12.3. The maximum Gasteiger partial charge on any atom is 0.338 e. The number of urea groups is 1. The molecule has 2 N–H and O–H groups in total. The molecule has 9 nitrogen and oxygen atoms in total. The molecule has 0 spiro atoms. The van der Waals surface area contributed by atoms with Gasteiger partial charge in [0.25, 0.3) is 0 Å². The fourth-order valence-electron chi connectivity index (χ4n) is 2.62.